The summed E-state index contributed by atoms with van der Waals surface area (Å²) >= 11 is 1.44. The Bertz CT molecular complexity index is 879. The molecule has 0 N–H and O–H groups in total. The second kappa shape index (κ2) is 5.87. The number of nitriles is 1. The van der Waals surface area contributed by atoms with Gasteiger partial charge in [-0.1, -0.05) is 17.3 Å². The zero-order valence-electron chi connectivity index (χ0n) is 11.0. The number of hydrogen-bond acceptors (Lipinski definition) is 5. The monoisotopic (exact) mass is 315 g/mol. The van der Waals surface area contributed by atoms with Gasteiger partial charge in [-0.05, 0) is 35.2 Å². The van der Waals surface area contributed by atoms with E-state index < -0.39 is 11.6 Å². The van der Waals surface area contributed by atoms with Gasteiger partial charge in [0.1, 0.15) is 11.6 Å². The van der Waals surface area contributed by atoms with Gasteiger partial charge >= 0.3 is 0 Å². The Balaban J connectivity index is 1.96. The fourth-order valence-electron chi connectivity index (χ4n) is 1.75. The summed E-state index contributed by atoms with van der Waals surface area (Å²) in [6.45, 7) is 0. The molecule has 4 nitrogen and oxygen atoms in total. The Morgan fingerprint density at radius 3 is 2.82 bits per heavy atom. The predicted molar refractivity (Wildman–Crippen MR) is 77.5 cm³/mol. The molecule has 0 bridgehead atoms. The average molecular weight is 315 g/mol. The molecule has 3 aromatic rings. The molecule has 0 amide bonds. The molecule has 0 saturated carbocycles. The van der Waals surface area contributed by atoms with E-state index in [0.717, 1.165) is 17.0 Å². The molecule has 0 fully saturated rings. The minimum absolute atomic E-state index is 0.0237. The number of hydrogen-bond donors (Lipinski definition) is 0. The summed E-state index contributed by atoms with van der Waals surface area (Å²) in [5.74, 6) is -1.55. The molecule has 0 spiro atoms. The van der Waals surface area contributed by atoms with Crippen molar-refractivity contribution in [3.05, 3.63) is 58.8 Å². The molecular weight excluding hydrogens is 308 g/mol. The lowest BCUT2D eigenvalue weighted by molar-refractivity contribution is 0.409. The minimum atomic E-state index is -0.990. The maximum Gasteiger partial charge on any atom is 0.268 e. The molecule has 0 radical (unpaired) electrons. The summed E-state index contributed by atoms with van der Waals surface area (Å²) < 4.78 is 31.1. The van der Waals surface area contributed by atoms with Crippen molar-refractivity contribution in [1.82, 2.24) is 10.1 Å². The third kappa shape index (κ3) is 2.77. The fourth-order valence-corrected chi connectivity index (χ4v) is 2.40. The lowest BCUT2D eigenvalue weighted by Crippen LogP contribution is -1.86. The van der Waals surface area contributed by atoms with Crippen LogP contribution in [0.3, 0.4) is 0 Å². The Kier molecular flexibility index (Phi) is 3.76. The van der Waals surface area contributed by atoms with E-state index in [1.165, 1.54) is 23.5 Å². The maximum atomic E-state index is 13.2. The third-order valence-electron chi connectivity index (χ3n) is 2.77. The van der Waals surface area contributed by atoms with Crippen LogP contribution in [0.5, 0.6) is 0 Å². The average Bonchev–Trinajstić information content (AvgIpc) is 3.18. The van der Waals surface area contributed by atoms with E-state index in [9.17, 15) is 14.0 Å². The van der Waals surface area contributed by atoms with Crippen LogP contribution in [-0.4, -0.2) is 10.1 Å². The first-order valence-electron chi connectivity index (χ1n) is 6.12. The topological polar surface area (TPSA) is 62.7 Å². The Labute approximate surface area is 127 Å². The van der Waals surface area contributed by atoms with Crippen LogP contribution < -0.4 is 0 Å². The van der Waals surface area contributed by atoms with Gasteiger partial charge in [-0.2, -0.15) is 10.2 Å². The van der Waals surface area contributed by atoms with E-state index in [1.54, 1.807) is 0 Å². The molecule has 22 heavy (non-hydrogen) atoms. The van der Waals surface area contributed by atoms with E-state index in [2.05, 4.69) is 10.1 Å². The number of aromatic nitrogens is 2. The molecular formula is C15H7F2N3OS. The molecule has 0 aliphatic heterocycles. The predicted octanol–water partition coefficient (Wildman–Crippen LogP) is 4.14. The van der Waals surface area contributed by atoms with Gasteiger partial charge in [-0.15, -0.1) is 11.3 Å². The van der Waals surface area contributed by atoms with Crippen LogP contribution in [0.1, 0.15) is 11.5 Å². The molecule has 2 aromatic heterocycles. The van der Waals surface area contributed by atoms with Crippen molar-refractivity contribution in [3.63, 3.8) is 0 Å². The first-order valence-corrected chi connectivity index (χ1v) is 7.00. The highest BCUT2D eigenvalue weighted by Gasteiger charge is 2.13. The first kappa shape index (κ1) is 14.1. The summed E-state index contributed by atoms with van der Waals surface area (Å²) in [5, 5.41) is 14.9. The molecule has 108 valence electrons. The molecule has 2 heterocycles. The van der Waals surface area contributed by atoms with Gasteiger partial charge in [0.05, 0.1) is 4.88 Å². The number of halogens is 2. The van der Waals surface area contributed by atoms with Crippen molar-refractivity contribution in [3.8, 4) is 16.8 Å². The minimum Gasteiger partial charge on any atom is -0.333 e. The second-order valence-corrected chi connectivity index (χ2v) is 5.19. The van der Waals surface area contributed by atoms with Crippen molar-refractivity contribution >= 4 is 23.0 Å². The molecule has 0 saturated heterocycles. The molecule has 7 heteroatoms. The fraction of sp³-hybridized carbons (Fsp3) is 0. The second-order valence-electron chi connectivity index (χ2n) is 4.24. The molecule has 1 aromatic carbocycles. The van der Waals surface area contributed by atoms with E-state index in [4.69, 9.17) is 4.52 Å². The molecule has 0 atom stereocenters. The molecule has 0 aliphatic rings. The van der Waals surface area contributed by atoms with E-state index in [0.29, 0.717) is 11.4 Å². The summed E-state index contributed by atoms with van der Waals surface area (Å²) in [4.78, 5) is 4.94. The number of nitrogens with zero attached hydrogens (tertiary/aromatic N) is 3. The van der Waals surface area contributed by atoms with Crippen LogP contribution in [0.25, 0.3) is 22.4 Å². The summed E-state index contributed by atoms with van der Waals surface area (Å²) in [6, 6.07) is 8.91. The molecule has 0 unspecified atom stereocenters. The quantitative estimate of drug-likeness (QED) is 0.681. The SMILES string of the molecule is N#C/C(=C\c1ccc(F)c(F)c1)c1nc(-c2cccs2)no1. The van der Waals surface area contributed by atoms with Crippen molar-refractivity contribution < 1.29 is 13.3 Å². The number of rotatable bonds is 3. The highest BCUT2D eigenvalue weighted by atomic mass is 32.1. The van der Waals surface area contributed by atoms with Gasteiger partial charge in [-0.25, -0.2) is 8.78 Å². The molecule has 0 aliphatic carbocycles. The lowest BCUT2D eigenvalue weighted by Gasteiger charge is -1.96. The third-order valence-corrected chi connectivity index (χ3v) is 3.64. The van der Waals surface area contributed by atoms with Crippen molar-refractivity contribution in [2.75, 3.05) is 0 Å². The van der Waals surface area contributed by atoms with Crippen molar-refractivity contribution in [2.45, 2.75) is 0 Å². The van der Waals surface area contributed by atoms with Crippen LogP contribution in [0.2, 0.25) is 0 Å². The van der Waals surface area contributed by atoms with Crippen LogP contribution >= 0.6 is 11.3 Å². The van der Waals surface area contributed by atoms with Gasteiger partial charge in [-0.3, -0.25) is 0 Å². The van der Waals surface area contributed by atoms with Crippen LogP contribution in [0, 0.1) is 23.0 Å². The van der Waals surface area contributed by atoms with Gasteiger partial charge in [0.25, 0.3) is 5.89 Å². The first-order chi connectivity index (χ1) is 10.7. The van der Waals surface area contributed by atoms with Gasteiger partial charge in [0.2, 0.25) is 5.82 Å². The number of allylic oxidation sites excluding steroid dienone is 1. The molecule has 3 rings (SSSR count). The summed E-state index contributed by atoms with van der Waals surface area (Å²) in [5.41, 5.74) is 0.396. The highest BCUT2D eigenvalue weighted by Crippen LogP contribution is 2.24. The Morgan fingerprint density at radius 2 is 2.14 bits per heavy atom. The standard InChI is InChI=1S/C15H7F2N3OS/c16-11-4-3-9(7-12(11)17)6-10(8-18)15-19-14(20-21-15)13-2-1-5-22-13/h1-7H/b10-6+. The van der Waals surface area contributed by atoms with E-state index in [-0.39, 0.29) is 11.5 Å². The largest absolute Gasteiger partial charge is 0.333 e. The van der Waals surface area contributed by atoms with Gasteiger partial charge in [0.15, 0.2) is 11.6 Å². The zero-order chi connectivity index (χ0) is 15.5. The van der Waals surface area contributed by atoms with Crippen LogP contribution in [0.15, 0.2) is 40.2 Å². The number of benzene rings is 1. The van der Waals surface area contributed by atoms with Crippen LogP contribution in [0.4, 0.5) is 8.78 Å². The Morgan fingerprint density at radius 1 is 1.27 bits per heavy atom. The summed E-state index contributed by atoms with van der Waals surface area (Å²) in [7, 11) is 0. The normalized spacial score (nSPS) is 11.4. The van der Waals surface area contributed by atoms with Gasteiger partial charge in [0, 0.05) is 0 Å². The smallest absolute Gasteiger partial charge is 0.268 e. The zero-order valence-corrected chi connectivity index (χ0v) is 11.8. The summed E-state index contributed by atoms with van der Waals surface area (Å²) in [6.07, 6.45) is 1.36. The van der Waals surface area contributed by atoms with Crippen molar-refractivity contribution in [1.29, 1.82) is 5.26 Å². The van der Waals surface area contributed by atoms with Crippen molar-refractivity contribution in [2.24, 2.45) is 0 Å². The Hall–Kier alpha value is -2.85. The van der Waals surface area contributed by atoms with Gasteiger partial charge < -0.3 is 4.52 Å². The van der Waals surface area contributed by atoms with Crippen LogP contribution in [-0.2, 0) is 0 Å². The lowest BCUT2D eigenvalue weighted by atomic mass is 10.1. The number of thiophene rings is 1. The van der Waals surface area contributed by atoms with E-state index in [1.807, 2.05) is 23.6 Å². The highest BCUT2D eigenvalue weighted by molar-refractivity contribution is 7.13. The maximum absolute atomic E-state index is 13.2. The van der Waals surface area contributed by atoms with E-state index >= 15 is 0 Å².